The molecule has 0 spiro atoms. The van der Waals surface area contributed by atoms with Crippen molar-refractivity contribution in [3.05, 3.63) is 83.2 Å². The topological polar surface area (TPSA) is 20.2 Å². The molecule has 0 bridgehead atoms. The second-order valence-electron chi connectivity index (χ2n) is 4.97. The van der Waals surface area contributed by atoms with Crippen molar-refractivity contribution >= 4 is 10.8 Å². The lowest BCUT2D eigenvalue weighted by atomic mass is 9.93. The first-order valence-corrected chi connectivity index (χ1v) is 6.58. The van der Waals surface area contributed by atoms with Crippen molar-refractivity contribution in [2.75, 3.05) is 0 Å². The highest BCUT2D eigenvalue weighted by Crippen LogP contribution is 2.30. The maximum atomic E-state index is 13.2. The fraction of sp³-hybridized carbons (Fsp3) is 0.111. The number of aryl methyl sites for hydroxylation is 1. The molecule has 1 N–H and O–H groups in total. The lowest BCUT2D eigenvalue weighted by Crippen LogP contribution is -2.03. The number of aliphatic hydroxyl groups is 1. The first-order chi connectivity index (χ1) is 9.66. The molecule has 0 heterocycles. The summed E-state index contributed by atoms with van der Waals surface area (Å²) in [6.07, 6.45) is -0.748. The molecule has 3 aromatic rings. The van der Waals surface area contributed by atoms with Crippen molar-refractivity contribution in [2.45, 2.75) is 13.0 Å². The molecule has 100 valence electrons. The predicted octanol–water partition coefficient (Wildman–Crippen LogP) is 4.37. The lowest BCUT2D eigenvalue weighted by molar-refractivity contribution is 0.221. The summed E-state index contributed by atoms with van der Waals surface area (Å²) in [7, 11) is 0. The molecule has 0 aliphatic heterocycles. The molecule has 0 aromatic heterocycles. The van der Waals surface area contributed by atoms with Crippen molar-refractivity contribution in [3.8, 4) is 0 Å². The molecule has 0 aliphatic rings. The van der Waals surface area contributed by atoms with Gasteiger partial charge in [-0.3, -0.25) is 0 Å². The van der Waals surface area contributed by atoms with Crippen LogP contribution in [0.5, 0.6) is 0 Å². The molecule has 1 atom stereocenters. The Labute approximate surface area is 117 Å². The first kappa shape index (κ1) is 12.8. The van der Waals surface area contributed by atoms with Gasteiger partial charge in [0.05, 0.1) is 0 Å². The van der Waals surface area contributed by atoms with Gasteiger partial charge in [0.1, 0.15) is 11.9 Å². The van der Waals surface area contributed by atoms with Gasteiger partial charge >= 0.3 is 0 Å². The molecular formula is C18H15FO. The monoisotopic (exact) mass is 266 g/mol. The third-order valence-corrected chi connectivity index (χ3v) is 3.64. The number of benzene rings is 3. The molecular weight excluding hydrogens is 251 g/mol. The third kappa shape index (κ3) is 2.19. The highest BCUT2D eigenvalue weighted by Gasteiger charge is 2.15. The highest BCUT2D eigenvalue weighted by molar-refractivity contribution is 5.86. The number of fused-ring (bicyclic) bond motifs is 1. The van der Waals surface area contributed by atoms with Crippen LogP contribution in [0.3, 0.4) is 0 Å². The van der Waals surface area contributed by atoms with Crippen LogP contribution < -0.4 is 0 Å². The summed E-state index contributed by atoms with van der Waals surface area (Å²) in [5.74, 6) is -0.281. The summed E-state index contributed by atoms with van der Waals surface area (Å²) < 4.78 is 13.2. The smallest absolute Gasteiger partial charge is 0.123 e. The zero-order chi connectivity index (χ0) is 14.1. The standard InChI is InChI=1S/C18H15FO/c1-12-11-14(19)9-10-15(12)18(20)17-8-4-6-13-5-2-3-7-16(13)17/h2-11,18,20H,1H3. The maximum Gasteiger partial charge on any atom is 0.123 e. The van der Waals surface area contributed by atoms with Crippen LogP contribution in [-0.2, 0) is 0 Å². The maximum absolute atomic E-state index is 13.2. The van der Waals surface area contributed by atoms with Crippen molar-refractivity contribution in [1.29, 1.82) is 0 Å². The zero-order valence-corrected chi connectivity index (χ0v) is 11.2. The summed E-state index contributed by atoms with van der Waals surface area (Å²) in [5, 5.41) is 12.7. The molecule has 1 unspecified atom stereocenters. The summed E-state index contributed by atoms with van der Waals surface area (Å²) in [4.78, 5) is 0. The van der Waals surface area contributed by atoms with Gasteiger partial charge in [0.25, 0.3) is 0 Å². The van der Waals surface area contributed by atoms with E-state index in [0.29, 0.717) is 0 Å². The largest absolute Gasteiger partial charge is 0.384 e. The average Bonchev–Trinajstić information content (AvgIpc) is 2.46. The van der Waals surface area contributed by atoms with Gasteiger partial charge in [-0.25, -0.2) is 4.39 Å². The van der Waals surface area contributed by atoms with Gasteiger partial charge in [-0.15, -0.1) is 0 Å². The van der Waals surface area contributed by atoms with Crippen molar-refractivity contribution < 1.29 is 9.50 Å². The quantitative estimate of drug-likeness (QED) is 0.730. The Kier molecular flexibility index (Phi) is 3.25. The van der Waals surface area contributed by atoms with E-state index in [1.807, 2.05) is 49.4 Å². The fourth-order valence-electron chi connectivity index (χ4n) is 2.60. The van der Waals surface area contributed by atoms with Crippen LogP contribution in [-0.4, -0.2) is 5.11 Å². The Balaban J connectivity index is 2.15. The van der Waals surface area contributed by atoms with E-state index in [4.69, 9.17) is 0 Å². The van der Waals surface area contributed by atoms with Crippen LogP contribution in [0.15, 0.2) is 60.7 Å². The minimum Gasteiger partial charge on any atom is -0.384 e. The Morgan fingerprint density at radius 2 is 1.65 bits per heavy atom. The molecule has 20 heavy (non-hydrogen) atoms. The van der Waals surface area contributed by atoms with E-state index in [1.54, 1.807) is 6.07 Å². The second-order valence-corrected chi connectivity index (χ2v) is 4.97. The summed E-state index contributed by atoms with van der Waals surface area (Å²) >= 11 is 0. The van der Waals surface area contributed by atoms with E-state index in [0.717, 1.165) is 27.5 Å². The molecule has 1 nitrogen and oxygen atoms in total. The fourth-order valence-corrected chi connectivity index (χ4v) is 2.60. The molecule has 0 amide bonds. The molecule has 0 saturated carbocycles. The highest BCUT2D eigenvalue weighted by atomic mass is 19.1. The summed E-state index contributed by atoms with van der Waals surface area (Å²) in [6, 6.07) is 18.3. The summed E-state index contributed by atoms with van der Waals surface area (Å²) in [6.45, 7) is 1.81. The number of aliphatic hydroxyl groups excluding tert-OH is 1. The van der Waals surface area contributed by atoms with Gasteiger partial charge in [-0.2, -0.15) is 0 Å². The minimum atomic E-state index is -0.748. The number of halogens is 1. The lowest BCUT2D eigenvalue weighted by Gasteiger charge is -2.16. The third-order valence-electron chi connectivity index (χ3n) is 3.64. The van der Waals surface area contributed by atoms with Gasteiger partial charge in [-0.05, 0) is 46.5 Å². The number of hydrogen-bond acceptors (Lipinski definition) is 1. The molecule has 2 heteroatoms. The Morgan fingerprint density at radius 3 is 2.45 bits per heavy atom. The normalized spacial score (nSPS) is 12.6. The predicted molar refractivity (Wildman–Crippen MR) is 79.1 cm³/mol. The van der Waals surface area contributed by atoms with Crippen LogP contribution >= 0.6 is 0 Å². The van der Waals surface area contributed by atoms with Crippen molar-refractivity contribution in [2.24, 2.45) is 0 Å². The van der Waals surface area contributed by atoms with E-state index >= 15 is 0 Å². The van der Waals surface area contributed by atoms with E-state index in [-0.39, 0.29) is 5.82 Å². The van der Waals surface area contributed by atoms with E-state index in [9.17, 15) is 9.50 Å². The molecule has 0 radical (unpaired) electrons. The van der Waals surface area contributed by atoms with Crippen LogP contribution in [0, 0.1) is 12.7 Å². The molecule has 0 saturated heterocycles. The van der Waals surface area contributed by atoms with Gasteiger partial charge in [0.2, 0.25) is 0 Å². The van der Waals surface area contributed by atoms with E-state index in [2.05, 4.69) is 0 Å². The number of rotatable bonds is 2. The van der Waals surface area contributed by atoms with E-state index in [1.165, 1.54) is 12.1 Å². The van der Waals surface area contributed by atoms with Crippen molar-refractivity contribution in [3.63, 3.8) is 0 Å². The average molecular weight is 266 g/mol. The van der Waals surface area contributed by atoms with Gasteiger partial charge < -0.3 is 5.11 Å². The van der Waals surface area contributed by atoms with Crippen LogP contribution in [0.25, 0.3) is 10.8 Å². The van der Waals surface area contributed by atoms with Crippen LogP contribution in [0.2, 0.25) is 0 Å². The van der Waals surface area contributed by atoms with Gasteiger partial charge in [-0.1, -0.05) is 48.5 Å². The Bertz CT molecular complexity index is 759. The first-order valence-electron chi connectivity index (χ1n) is 6.58. The van der Waals surface area contributed by atoms with Crippen LogP contribution in [0.1, 0.15) is 22.8 Å². The molecule has 0 fully saturated rings. The Hall–Kier alpha value is -2.19. The zero-order valence-electron chi connectivity index (χ0n) is 11.2. The van der Waals surface area contributed by atoms with Gasteiger partial charge in [0, 0.05) is 0 Å². The minimum absolute atomic E-state index is 0.281. The molecule has 3 rings (SSSR count). The van der Waals surface area contributed by atoms with Crippen molar-refractivity contribution in [1.82, 2.24) is 0 Å². The molecule has 0 aliphatic carbocycles. The van der Waals surface area contributed by atoms with Crippen LogP contribution in [0.4, 0.5) is 4.39 Å². The summed E-state index contributed by atoms with van der Waals surface area (Å²) in [5.41, 5.74) is 2.34. The Morgan fingerprint density at radius 1 is 0.900 bits per heavy atom. The number of hydrogen-bond donors (Lipinski definition) is 1. The van der Waals surface area contributed by atoms with Gasteiger partial charge in [0.15, 0.2) is 0 Å². The SMILES string of the molecule is Cc1cc(F)ccc1C(O)c1cccc2ccccc12. The van der Waals surface area contributed by atoms with E-state index < -0.39 is 6.10 Å². The second kappa shape index (κ2) is 5.06. The molecule has 3 aromatic carbocycles.